The molecule has 158 valence electrons. The third kappa shape index (κ3) is 6.67. The first-order chi connectivity index (χ1) is 14.3. The largest absolute Gasteiger partial charge is 0.394 e. The maximum atomic E-state index is 12.6. The normalized spacial score (nSPS) is 12.9. The van der Waals surface area contributed by atoms with Gasteiger partial charge >= 0.3 is 0 Å². The summed E-state index contributed by atoms with van der Waals surface area (Å²) in [5.41, 5.74) is 1.19. The van der Waals surface area contributed by atoms with E-state index in [1.165, 1.54) is 11.3 Å². The molecule has 2 aromatic rings. The maximum absolute atomic E-state index is 12.6. The number of carbonyl (C=O) groups is 2. The summed E-state index contributed by atoms with van der Waals surface area (Å²) in [7, 11) is 0. The molecule has 2 amide bonds. The van der Waals surface area contributed by atoms with Gasteiger partial charge in [0.05, 0.1) is 12.7 Å². The molecule has 0 saturated carbocycles. The van der Waals surface area contributed by atoms with Crippen LogP contribution in [0.4, 0.5) is 0 Å². The number of benzene rings is 1. The third-order valence-corrected chi connectivity index (χ3v) is 5.27. The van der Waals surface area contributed by atoms with Crippen LogP contribution < -0.4 is 10.6 Å². The molecule has 1 aromatic heterocycles. The third-order valence-electron chi connectivity index (χ3n) is 4.00. The van der Waals surface area contributed by atoms with Crippen LogP contribution in [0.15, 0.2) is 65.8 Å². The number of halogens is 1. The Labute approximate surface area is 184 Å². The first-order valence-electron chi connectivity index (χ1n) is 9.12. The van der Waals surface area contributed by atoms with Crippen molar-refractivity contribution >= 4 is 46.4 Å². The van der Waals surface area contributed by atoms with Gasteiger partial charge in [-0.2, -0.15) is 0 Å². The number of thiophene rings is 1. The molecule has 0 aliphatic carbocycles. The first kappa shape index (κ1) is 23.6. The molecule has 0 aliphatic heterocycles. The van der Waals surface area contributed by atoms with Gasteiger partial charge in [0.2, 0.25) is 0 Å². The molecule has 0 spiro atoms. The molecule has 1 aromatic carbocycles. The van der Waals surface area contributed by atoms with Gasteiger partial charge in [-0.05, 0) is 37.3 Å². The van der Waals surface area contributed by atoms with Crippen LogP contribution in [0, 0.1) is 0 Å². The van der Waals surface area contributed by atoms with E-state index in [1.807, 2.05) is 19.1 Å². The molecule has 0 aliphatic rings. The van der Waals surface area contributed by atoms with Gasteiger partial charge in [0.25, 0.3) is 11.8 Å². The van der Waals surface area contributed by atoms with Crippen molar-refractivity contribution in [1.29, 1.82) is 0 Å². The van der Waals surface area contributed by atoms with Crippen molar-refractivity contribution in [2.24, 2.45) is 0 Å². The van der Waals surface area contributed by atoms with Crippen LogP contribution in [-0.4, -0.2) is 41.3 Å². The Kier molecular flexibility index (Phi) is 9.01. The molecule has 0 bridgehead atoms. The van der Waals surface area contributed by atoms with E-state index in [-0.39, 0.29) is 12.2 Å². The molecule has 0 fully saturated rings. The predicted molar refractivity (Wildman–Crippen MR) is 121 cm³/mol. The lowest BCUT2D eigenvalue weighted by Crippen LogP contribution is -2.39. The fourth-order valence-corrected chi connectivity index (χ4v) is 3.78. The second-order valence-corrected chi connectivity index (χ2v) is 7.81. The minimum absolute atomic E-state index is 0.00845. The monoisotopic (exact) mass is 446 g/mol. The number of amides is 2. The van der Waals surface area contributed by atoms with Crippen molar-refractivity contribution in [3.8, 4) is 0 Å². The highest BCUT2D eigenvalue weighted by Gasteiger charge is 2.16. The average Bonchev–Trinajstić information content (AvgIpc) is 3.20. The molecule has 0 radical (unpaired) electrons. The van der Waals surface area contributed by atoms with E-state index < -0.39 is 24.5 Å². The summed E-state index contributed by atoms with van der Waals surface area (Å²) in [6.45, 7) is 4.95. The second-order valence-electron chi connectivity index (χ2n) is 6.23. The van der Waals surface area contributed by atoms with Crippen molar-refractivity contribution in [3.05, 3.63) is 81.2 Å². The lowest BCUT2D eigenvalue weighted by atomic mass is 10.2. The minimum Gasteiger partial charge on any atom is -0.394 e. The van der Waals surface area contributed by atoms with E-state index >= 15 is 0 Å². The lowest BCUT2D eigenvalue weighted by molar-refractivity contribution is -0.118. The summed E-state index contributed by atoms with van der Waals surface area (Å²) >= 11 is 7.41. The number of allylic oxidation sites excluding steroid dienone is 3. The zero-order valence-corrected chi connectivity index (χ0v) is 18.0. The van der Waals surface area contributed by atoms with Gasteiger partial charge in [-0.25, -0.2) is 0 Å². The number of aliphatic hydroxyl groups is 2. The topological polar surface area (TPSA) is 98.7 Å². The van der Waals surface area contributed by atoms with E-state index in [0.717, 1.165) is 10.5 Å². The summed E-state index contributed by atoms with van der Waals surface area (Å²) in [5, 5.41) is 23.9. The SMILES string of the molecule is C=C(Cl)C(=CC)c1ccc(C=C(NC(=O)c2ccccc2)C(=O)NCC(O)CO)s1. The van der Waals surface area contributed by atoms with E-state index in [9.17, 15) is 14.7 Å². The van der Waals surface area contributed by atoms with Crippen molar-refractivity contribution in [2.75, 3.05) is 13.2 Å². The van der Waals surface area contributed by atoms with E-state index in [2.05, 4.69) is 17.2 Å². The number of carbonyl (C=O) groups excluding carboxylic acids is 2. The Morgan fingerprint density at radius 2 is 1.93 bits per heavy atom. The highest BCUT2D eigenvalue weighted by Crippen LogP contribution is 2.31. The number of hydrogen-bond acceptors (Lipinski definition) is 5. The summed E-state index contributed by atoms with van der Waals surface area (Å²) in [5.74, 6) is -1.03. The second kappa shape index (κ2) is 11.5. The van der Waals surface area contributed by atoms with Crippen molar-refractivity contribution in [1.82, 2.24) is 10.6 Å². The number of nitrogens with one attached hydrogen (secondary N) is 2. The Balaban J connectivity index is 2.30. The zero-order chi connectivity index (χ0) is 22.1. The fraction of sp³-hybridized carbons (Fsp3) is 0.182. The molecule has 0 saturated heterocycles. The van der Waals surface area contributed by atoms with Crippen LogP contribution in [0.25, 0.3) is 11.6 Å². The number of rotatable bonds is 9. The minimum atomic E-state index is -1.10. The highest BCUT2D eigenvalue weighted by atomic mass is 35.5. The Morgan fingerprint density at radius 3 is 2.53 bits per heavy atom. The number of aliphatic hydroxyl groups excluding tert-OH is 2. The molecular formula is C22H23ClN2O4S. The van der Waals surface area contributed by atoms with Crippen LogP contribution in [0.1, 0.15) is 27.0 Å². The van der Waals surface area contributed by atoms with Crippen molar-refractivity contribution < 1.29 is 19.8 Å². The quantitative estimate of drug-likeness (QED) is 0.351. The maximum Gasteiger partial charge on any atom is 0.267 e. The molecule has 1 unspecified atom stereocenters. The molecular weight excluding hydrogens is 424 g/mol. The first-order valence-corrected chi connectivity index (χ1v) is 10.3. The number of hydrogen-bond donors (Lipinski definition) is 4. The van der Waals surface area contributed by atoms with Gasteiger partial charge in [-0.3, -0.25) is 9.59 Å². The summed E-state index contributed by atoms with van der Waals surface area (Å²) in [6, 6.07) is 12.1. The van der Waals surface area contributed by atoms with Gasteiger partial charge in [-0.15, -0.1) is 11.3 Å². The smallest absolute Gasteiger partial charge is 0.267 e. The molecule has 30 heavy (non-hydrogen) atoms. The molecule has 8 heteroatoms. The van der Waals surface area contributed by atoms with E-state index in [0.29, 0.717) is 15.5 Å². The van der Waals surface area contributed by atoms with Crippen molar-refractivity contribution in [2.45, 2.75) is 13.0 Å². The van der Waals surface area contributed by atoms with Crippen molar-refractivity contribution in [3.63, 3.8) is 0 Å². The standard InChI is InChI=1S/C22H23ClN2O4S/c1-3-18(14(2)23)20-10-9-17(30-20)11-19(22(29)24-12-16(27)13-26)25-21(28)15-7-5-4-6-8-15/h3-11,16,26-27H,2,12-13H2,1H3,(H,24,29)(H,25,28). The Hall–Kier alpha value is -2.71. The van der Waals surface area contributed by atoms with Gasteiger partial charge in [-0.1, -0.05) is 42.5 Å². The molecule has 1 atom stereocenters. The molecule has 6 nitrogen and oxygen atoms in total. The molecule has 1 heterocycles. The molecule has 2 rings (SSSR count). The van der Waals surface area contributed by atoms with Gasteiger partial charge in [0.1, 0.15) is 5.70 Å². The summed E-state index contributed by atoms with van der Waals surface area (Å²) < 4.78 is 0. The average molecular weight is 447 g/mol. The Morgan fingerprint density at radius 1 is 1.23 bits per heavy atom. The Bertz CT molecular complexity index is 967. The highest BCUT2D eigenvalue weighted by molar-refractivity contribution is 7.14. The van der Waals surface area contributed by atoms with Crippen LogP contribution in [-0.2, 0) is 4.79 Å². The van der Waals surface area contributed by atoms with Crippen LogP contribution in [0.5, 0.6) is 0 Å². The van der Waals surface area contributed by atoms with Gasteiger partial charge in [0.15, 0.2) is 0 Å². The summed E-state index contributed by atoms with van der Waals surface area (Å²) in [6.07, 6.45) is 2.29. The molecule has 4 N–H and O–H groups in total. The zero-order valence-electron chi connectivity index (χ0n) is 16.4. The summed E-state index contributed by atoms with van der Waals surface area (Å²) in [4.78, 5) is 26.7. The predicted octanol–water partition coefficient (Wildman–Crippen LogP) is 3.14. The van der Waals surface area contributed by atoms with Crippen LogP contribution in [0.2, 0.25) is 0 Å². The van der Waals surface area contributed by atoms with Gasteiger partial charge in [0, 0.05) is 32.5 Å². The van der Waals surface area contributed by atoms with E-state index in [4.69, 9.17) is 16.7 Å². The van der Waals surface area contributed by atoms with Crippen LogP contribution >= 0.6 is 22.9 Å². The lowest BCUT2D eigenvalue weighted by Gasteiger charge is -2.12. The fourth-order valence-electron chi connectivity index (χ4n) is 2.46. The van der Waals surface area contributed by atoms with Gasteiger partial charge < -0.3 is 20.8 Å². The van der Waals surface area contributed by atoms with E-state index in [1.54, 1.807) is 42.5 Å². The van der Waals surface area contributed by atoms with Crippen LogP contribution in [0.3, 0.4) is 0 Å².